The second kappa shape index (κ2) is 8.61. The van der Waals surface area contributed by atoms with E-state index in [0.29, 0.717) is 12.8 Å². The van der Waals surface area contributed by atoms with Gasteiger partial charge in [-0.15, -0.1) is 0 Å². The maximum atomic E-state index is 12.8. The van der Waals surface area contributed by atoms with Crippen LogP contribution in [0.3, 0.4) is 0 Å². The van der Waals surface area contributed by atoms with Gasteiger partial charge in [0.15, 0.2) is 11.5 Å². The summed E-state index contributed by atoms with van der Waals surface area (Å²) in [5.41, 5.74) is 2.34. The van der Waals surface area contributed by atoms with Gasteiger partial charge < -0.3 is 14.6 Å². The number of carbonyl (C=O) groups is 1. The number of aliphatic hydroxyl groups is 1. The molecule has 0 saturated carbocycles. The summed E-state index contributed by atoms with van der Waals surface area (Å²) in [5, 5.41) is 10.2. The van der Waals surface area contributed by atoms with Crippen molar-refractivity contribution in [3.8, 4) is 11.5 Å². The first-order valence-corrected chi connectivity index (χ1v) is 13.9. The maximum absolute atomic E-state index is 12.8. The predicted molar refractivity (Wildman–Crippen MR) is 133 cm³/mol. The van der Waals surface area contributed by atoms with Crippen molar-refractivity contribution in [2.45, 2.75) is 54.7 Å². The van der Waals surface area contributed by atoms with Crippen molar-refractivity contribution in [3.63, 3.8) is 0 Å². The molecule has 1 N–H and O–H groups in total. The Balaban J connectivity index is 1.16. The molecule has 2 aromatic rings. The zero-order valence-corrected chi connectivity index (χ0v) is 21.0. The number of rotatable bonds is 6. The van der Waals surface area contributed by atoms with E-state index in [1.54, 1.807) is 25.3 Å². The lowest BCUT2D eigenvalue weighted by atomic mass is 9.69. The first-order valence-electron chi connectivity index (χ1n) is 12.5. The number of hydrogen-bond donors (Lipinski definition) is 1. The van der Waals surface area contributed by atoms with E-state index in [9.17, 15) is 18.3 Å². The first kappa shape index (κ1) is 23.5. The maximum Gasteiger partial charge on any atom is 0.269 e. The van der Waals surface area contributed by atoms with E-state index in [2.05, 4.69) is 17.0 Å². The number of amides is 1. The van der Waals surface area contributed by atoms with Gasteiger partial charge in [-0.2, -0.15) is 0 Å². The fraction of sp³-hybridized carbons (Fsp3) is 0.444. The normalized spacial score (nSPS) is 27.7. The van der Waals surface area contributed by atoms with Crippen LogP contribution in [0.5, 0.6) is 11.5 Å². The molecule has 0 saturated heterocycles. The van der Waals surface area contributed by atoms with Gasteiger partial charge >= 0.3 is 0 Å². The van der Waals surface area contributed by atoms with Crippen molar-refractivity contribution in [1.82, 2.24) is 9.21 Å². The fourth-order valence-corrected chi connectivity index (χ4v) is 7.84. The van der Waals surface area contributed by atoms with Gasteiger partial charge in [0.25, 0.3) is 15.9 Å². The SMILES string of the molecule is COc1ccc2c3c1OC1CC(O)C=CC31CCN(CCCCN1C(=O)c3ccccc3S1(=O)=O)C2. The molecule has 3 unspecified atom stereocenters. The monoisotopic (exact) mass is 510 g/mol. The average Bonchev–Trinajstić information content (AvgIpc) is 3.22. The molecule has 1 amide bonds. The Kier molecular flexibility index (Phi) is 5.62. The summed E-state index contributed by atoms with van der Waals surface area (Å²) in [6.45, 7) is 2.59. The molecule has 3 heterocycles. The average molecular weight is 511 g/mol. The first-order chi connectivity index (χ1) is 17.3. The number of carbonyl (C=O) groups excluding carboxylic acids is 1. The van der Waals surface area contributed by atoms with Crippen molar-refractivity contribution >= 4 is 15.9 Å². The van der Waals surface area contributed by atoms with Crippen LogP contribution in [0.2, 0.25) is 0 Å². The van der Waals surface area contributed by atoms with Gasteiger partial charge in [0.2, 0.25) is 0 Å². The molecule has 0 aromatic heterocycles. The minimum Gasteiger partial charge on any atom is -0.493 e. The number of benzene rings is 2. The third-order valence-electron chi connectivity index (χ3n) is 8.03. The van der Waals surface area contributed by atoms with Crippen molar-refractivity contribution in [2.75, 3.05) is 26.7 Å². The fourth-order valence-electron chi connectivity index (χ4n) is 6.23. The summed E-state index contributed by atoms with van der Waals surface area (Å²) >= 11 is 0. The molecule has 6 rings (SSSR count). The molecule has 1 aliphatic carbocycles. The highest BCUT2D eigenvalue weighted by Gasteiger charge is 2.52. The summed E-state index contributed by atoms with van der Waals surface area (Å²) in [6, 6.07) is 10.5. The quantitative estimate of drug-likeness (QED) is 0.472. The largest absolute Gasteiger partial charge is 0.493 e. The van der Waals surface area contributed by atoms with E-state index in [4.69, 9.17) is 9.47 Å². The Bertz CT molecular complexity index is 1360. The van der Waals surface area contributed by atoms with Crippen LogP contribution in [0.1, 0.15) is 47.2 Å². The van der Waals surface area contributed by atoms with E-state index >= 15 is 0 Å². The Morgan fingerprint density at radius 1 is 1.17 bits per heavy atom. The van der Waals surface area contributed by atoms with Crippen molar-refractivity contribution in [3.05, 3.63) is 65.2 Å². The molecular formula is C27H30N2O6S. The predicted octanol–water partition coefficient (Wildman–Crippen LogP) is 2.85. The number of sulfonamides is 1. The van der Waals surface area contributed by atoms with Crippen molar-refractivity contribution in [1.29, 1.82) is 0 Å². The smallest absolute Gasteiger partial charge is 0.269 e. The van der Waals surface area contributed by atoms with E-state index < -0.39 is 22.0 Å². The Labute approximate surface area is 211 Å². The van der Waals surface area contributed by atoms with Crippen LogP contribution in [0.15, 0.2) is 53.4 Å². The second-order valence-electron chi connectivity index (χ2n) is 10.1. The van der Waals surface area contributed by atoms with Crippen LogP contribution < -0.4 is 9.47 Å². The van der Waals surface area contributed by atoms with Gasteiger partial charge in [-0.25, -0.2) is 12.7 Å². The highest BCUT2D eigenvalue weighted by atomic mass is 32.2. The number of ether oxygens (including phenoxy) is 2. The number of nitrogens with zero attached hydrogens (tertiary/aromatic N) is 2. The van der Waals surface area contributed by atoms with Crippen molar-refractivity contribution < 1.29 is 27.8 Å². The Hall–Kier alpha value is -2.88. The summed E-state index contributed by atoms with van der Waals surface area (Å²) < 4.78 is 38.6. The molecule has 36 heavy (non-hydrogen) atoms. The molecule has 4 aliphatic rings. The Morgan fingerprint density at radius 2 is 1.97 bits per heavy atom. The van der Waals surface area contributed by atoms with Crippen LogP contribution in [-0.2, 0) is 22.0 Å². The van der Waals surface area contributed by atoms with Gasteiger partial charge in [-0.3, -0.25) is 9.69 Å². The van der Waals surface area contributed by atoms with Crippen LogP contribution in [0, 0.1) is 0 Å². The van der Waals surface area contributed by atoms with Crippen LogP contribution in [0.4, 0.5) is 0 Å². The number of methoxy groups -OCH3 is 1. The lowest BCUT2D eigenvalue weighted by Crippen LogP contribution is -2.43. The highest BCUT2D eigenvalue weighted by molar-refractivity contribution is 7.90. The zero-order valence-electron chi connectivity index (χ0n) is 20.2. The van der Waals surface area contributed by atoms with Gasteiger partial charge in [0.1, 0.15) is 11.0 Å². The van der Waals surface area contributed by atoms with Crippen LogP contribution in [0.25, 0.3) is 0 Å². The molecule has 8 nitrogen and oxygen atoms in total. The number of hydrogen-bond acceptors (Lipinski definition) is 7. The van der Waals surface area contributed by atoms with Crippen LogP contribution in [-0.4, -0.2) is 67.6 Å². The number of fused-ring (bicyclic) bond motifs is 1. The molecule has 3 atom stereocenters. The third kappa shape index (κ3) is 3.48. The molecule has 0 bridgehead atoms. The molecule has 190 valence electrons. The topological polar surface area (TPSA) is 96.4 Å². The summed E-state index contributed by atoms with van der Waals surface area (Å²) in [6.07, 6.45) is 6.16. The van der Waals surface area contributed by atoms with Gasteiger partial charge in [0, 0.05) is 25.1 Å². The lowest BCUT2D eigenvalue weighted by molar-refractivity contribution is 0.0809. The minimum absolute atomic E-state index is 0.104. The number of unbranched alkanes of at least 4 members (excludes halogenated alkanes) is 1. The summed E-state index contributed by atoms with van der Waals surface area (Å²) in [4.78, 5) is 15.2. The molecule has 2 aromatic carbocycles. The second-order valence-corrected chi connectivity index (χ2v) is 11.9. The number of aliphatic hydroxyl groups excluding tert-OH is 1. The van der Waals surface area contributed by atoms with E-state index in [1.807, 2.05) is 12.1 Å². The molecule has 0 fully saturated rings. The molecule has 3 aliphatic heterocycles. The van der Waals surface area contributed by atoms with Crippen LogP contribution >= 0.6 is 0 Å². The standard InChI is InChI=1S/C27H30N2O6S/c1-34-21-9-8-18-17-28(15-12-27-11-10-19(30)16-23(27)35-25(21)24(18)27)13-4-5-14-29-26(31)20-6-2-3-7-22(20)36(29,32)33/h2-3,6-11,19,23,30H,4-5,12-17H2,1H3. The Morgan fingerprint density at radius 3 is 2.78 bits per heavy atom. The van der Waals surface area contributed by atoms with Gasteiger partial charge in [-0.1, -0.05) is 30.4 Å². The molecule has 1 spiro atoms. The van der Waals surface area contributed by atoms with Gasteiger partial charge in [0.05, 0.1) is 24.2 Å². The highest BCUT2D eigenvalue weighted by Crippen LogP contribution is 2.55. The molecular weight excluding hydrogens is 480 g/mol. The lowest BCUT2D eigenvalue weighted by Gasteiger charge is -2.36. The molecule has 0 radical (unpaired) electrons. The summed E-state index contributed by atoms with van der Waals surface area (Å²) in [7, 11) is -2.11. The van der Waals surface area contributed by atoms with Crippen molar-refractivity contribution in [2.24, 2.45) is 0 Å². The third-order valence-corrected chi connectivity index (χ3v) is 9.87. The van der Waals surface area contributed by atoms with E-state index in [-0.39, 0.29) is 28.5 Å². The van der Waals surface area contributed by atoms with E-state index in [1.165, 1.54) is 17.2 Å². The van der Waals surface area contributed by atoms with Gasteiger partial charge in [-0.05, 0) is 56.1 Å². The zero-order chi connectivity index (χ0) is 25.1. The minimum atomic E-state index is -3.76. The molecule has 9 heteroatoms. The summed E-state index contributed by atoms with van der Waals surface area (Å²) in [5.74, 6) is 1.08. The van der Waals surface area contributed by atoms with E-state index in [0.717, 1.165) is 48.3 Å².